The number of nitrogens with zero attached hydrogens (tertiary/aromatic N) is 3. The third-order valence-corrected chi connectivity index (χ3v) is 3.03. The zero-order valence-corrected chi connectivity index (χ0v) is 10.6. The van der Waals surface area contributed by atoms with E-state index in [-0.39, 0.29) is 4.75 Å². The van der Waals surface area contributed by atoms with Gasteiger partial charge < -0.3 is 0 Å². The van der Waals surface area contributed by atoms with Crippen LogP contribution in [0.25, 0.3) is 0 Å². The van der Waals surface area contributed by atoms with E-state index in [0.717, 1.165) is 16.3 Å². The van der Waals surface area contributed by atoms with E-state index in [4.69, 9.17) is 5.26 Å². The van der Waals surface area contributed by atoms with Gasteiger partial charge >= 0.3 is 0 Å². The van der Waals surface area contributed by atoms with Gasteiger partial charge in [-0.1, -0.05) is 32.5 Å². The summed E-state index contributed by atoms with van der Waals surface area (Å²) in [5.41, 5.74) is 2.41. The Balaban J connectivity index is 3.21. The molecule has 0 unspecified atom stereocenters. The summed E-state index contributed by atoms with van der Waals surface area (Å²) >= 11 is 1.58. The molecule has 0 bridgehead atoms. The monoisotopic (exact) mass is 221 g/mol. The fourth-order valence-electron chi connectivity index (χ4n) is 1.08. The van der Waals surface area contributed by atoms with Gasteiger partial charge in [0.2, 0.25) is 0 Å². The average Bonchev–Trinajstić information content (AvgIpc) is 2.10. The molecular weight excluding hydrogens is 206 g/mol. The van der Waals surface area contributed by atoms with Gasteiger partial charge in [0.1, 0.15) is 11.1 Å². The Kier molecular flexibility index (Phi) is 3.35. The number of aromatic nitrogens is 2. The van der Waals surface area contributed by atoms with Gasteiger partial charge in [-0.25, -0.2) is 0 Å². The van der Waals surface area contributed by atoms with Crippen molar-refractivity contribution in [3.8, 4) is 6.07 Å². The van der Waals surface area contributed by atoms with Crippen LogP contribution in [-0.2, 0) is 0 Å². The van der Waals surface area contributed by atoms with Crippen LogP contribution in [0.3, 0.4) is 0 Å². The Morgan fingerprint density at radius 2 is 1.80 bits per heavy atom. The van der Waals surface area contributed by atoms with E-state index in [1.165, 1.54) is 0 Å². The minimum Gasteiger partial charge on any atom is -0.192 e. The second-order valence-electron chi connectivity index (χ2n) is 4.42. The van der Waals surface area contributed by atoms with Gasteiger partial charge in [-0.2, -0.15) is 10.4 Å². The Labute approximate surface area is 94.9 Å². The number of hydrogen-bond donors (Lipinski definition) is 0. The van der Waals surface area contributed by atoms with Crippen LogP contribution < -0.4 is 0 Å². The van der Waals surface area contributed by atoms with Crippen molar-refractivity contribution < 1.29 is 0 Å². The van der Waals surface area contributed by atoms with Crippen molar-refractivity contribution in [1.29, 1.82) is 5.26 Å². The van der Waals surface area contributed by atoms with Gasteiger partial charge in [0, 0.05) is 4.75 Å². The fourth-order valence-corrected chi connectivity index (χ4v) is 2.04. The molecule has 0 saturated heterocycles. The molecule has 0 atom stereocenters. The van der Waals surface area contributed by atoms with E-state index in [2.05, 4.69) is 37.0 Å². The van der Waals surface area contributed by atoms with Crippen molar-refractivity contribution in [2.75, 3.05) is 0 Å². The molecule has 0 radical (unpaired) electrons. The minimum atomic E-state index is 0.0436. The van der Waals surface area contributed by atoms with Gasteiger partial charge in [0.25, 0.3) is 0 Å². The van der Waals surface area contributed by atoms with E-state index in [9.17, 15) is 0 Å². The third kappa shape index (κ3) is 2.93. The second kappa shape index (κ2) is 4.19. The molecule has 0 aromatic carbocycles. The predicted octanol–water partition coefficient (Wildman–Crippen LogP) is 2.86. The highest BCUT2D eigenvalue weighted by Gasteiger charge is 2.18. The standard InChI is InChI=1S/C11H15N3S/c1-7-8(2)13-14-10(9(7)6-12)15-11(3,4)5/h1-5H3. The summed E-state index contributed by atoms with van der Waals surface area (Å²) in [4.78, 5) is 0. The van der Waals surface area contributed by atoms with Crippen molar-refractivity contribution in [3.05, 3.63) is 16.8 Å². The van der Waals surface area contributed by atoms with Crippen LogP contribution in [0.2, 0.25) is 0 Å². The lowest BCUT2D eigenvalue weighted by molar-refractivity contribution is 0.788. The fraction of sp³-hybridized carbons (Fsp3) is 0.545. The van der Waals surface area contributed by atoms with Gasteiger partial charge in [-0.15, -0.1) is 5.10 Å². The van der Waals surface area contributed by atoms with Crippen LogP contribution in [0.5, 0.6) is 0 Å². The Bertz CT molecular complexity index is 413. The SMILES string of the molecule is Cc1nnc(SC(C)(C)C)c(C#N)c1C. The van der Waals surface area contributed by atoms with Crippen LogP contribution in [0, 0.1) is 25.2 Å². The van der Waals surface area contributed by atoms with Crippen molar-refractivity contribution in [1.82, 2.24) is 10.2 Å². The molecule has 0 aliphatic carbocycles. The van der Waals surface area contributed by atoms with E-state index < -0.39 is 0 Å². The van der Waals surface area contributed by atoms with E-state index >= 15 is 0 Å². The molecule has 0 N–H and O–H groups in total. The van der Waals surface area contributed by atoms with Crippen molar-refractivity contribution in [2.24, 2.45) is 0 Å². The molecule has 1 aromatic heterocycles. The van der Waals surface area contributed by atoms with Crippen molar-refractivity contribution >= 4 is 11.8 Å². The Morgan fingerprint density at radius 1 is 1.20 bits per heavy atom. The summed E-state index contributed by atoms with van der Waals surface area (Å²) in [6.45, 7) is 10.1. The molecular formula is C11H15N3S. The smallest absolute Gasteiger partial charge is 0.137 e. The maximum absolute atomic E-state index is 9.09. The highest BCUT2D eigenvalue weighted by Crippen LogP contribution is 2.33. The molecule has 1 aromatic rings. The molecule has 0 fully saturated rings. The van der Waals surface area contributed by atoms with Crippen LogP contribution >= 0.6 is 11.8 Å². The molecule has 4 heteroatoms. The topological polar surface area (TPSA) is 49.6 Å². The Morgan fingerprint density at radius 3 is 2.27 bits per heavy atom. The number of aryl methyl sites for hydroxylation is 1. The first-order chi connectivity index (χ1) is 6.85. The van der Waals surface area contributed by atoms with Crippen molar-refractivity contribution in [3.63, 3.8) is 0 Å². The molecule has 0 aliphatic heterocycles. The first kappa shape index (κ1) is 12.0. The summed E-state index contributed by atoms with van der Waals surface area (Å²) in [7, 11) is 0. The second-order valence-corrected chi connectivity index (χ2v) is 6.23. The van der Waals surface area contributed by atoms with Crippen molar-refractivity contribution in [2.45, 2.75) is 44.4 Å². The molecule has 15 heavy (non-hydrogen) atoms. The Hall–Kier alpha value is -1.08. The average molecular weight is 221 g/mol. The first-order valence-electron chi connectivity index (χ1n) is 4.78. The predicted molar refractivity (Wildman–Crippen MR) is 61.8 cm³/mol. The van der Waals surface area contributed by atoms with Crippen LogP contribution in [0.1, 0.15) is 37.6 Å². The number of rotatable bonds is 1. The maximum Gasteiger partial charge on any atom is 0.137 e. The van der Waals surface area contributed by atoms with E-state index in [1.54, 1.807) is 11.8 Å². The zero-order chi connectivity index (χ0) is 11.6. The molecule has 0 aliphatic rings. The largest absolute Gasteiger partial charge is 0.192 e. The summed E-state index contributed by atoms with van der Waals surface area (Å²) in [5, 5.41) is 18.0. The normalized spacial score (nSPS) is 11.2. The lowest BCUT2D eigenvalue weighted by Gasteiger charge is -2.17. The lowest BCUT2D eigenvalue weighted by Crippen LogP contribution is -2.10. The molecule has 3 nitrogen and oxygen atoms in total. The number of thioether (sulfide) groups is 1. The summed E-state index contributed by atoms with van der Waals surface area (Å²) in [6.07, 6.45) is 0. The van der Waals surface area contributed by atoms with Gasteiger partial charge in [-0.05, 0) is 19.4 Å². The zero-order valence-electron chi connectivity index (χ0n) is 9.75. The molecule has 0 spiro atoms. The van der Waals surface area contributed by atoms with Crippen LogP contribution in [0.4, 0.5) is 0 Å². The number of hydrogen-bond acceptors (Lipinski definition) is 4. The molecule has 0 saturated carbocycles. The van der Waals surface area contributed by atoms with E-state index in [0.29, 0.717) is 5.56 Å². The third-order valence-electron chi connectivity index (χ3n) is 1.94. The molecule has 1 rings (SSSR count). The molecule has 0 amide bonds. The quantitative estimate of drug-likeness (QED) is 0.684. The highest BCUT2D eigenvalue weighted by atomic mass is 32.2. The van der Waals surface area contributed by atoms with Crippen LogP contribution in [-0.4, -0.2) is 14.9 Å². The molecule has 80 valence electrons. The van der Waals surface area contributed by atoms with Crippen LogP contribution in [0.15, 0.2) is 5.03 Å². The highest BCUT2D eigenvalue weighted by molar-refractivity contribution is 8.00. The first-order valence-corrected chi connectivity index (χ1v) is 5.60. The van der Waals surface area contributed by atoms with Gasteiger partial charge in [0.05, 0.1) is 11.3 Å². The summed E-state index contributed by atoms with van der Waals surface area (Å²) in [6, 6.07) is 2.20. The van der Waals surface area contributed by atoms with E-state index in [1.807, 2.05) is 13.8 Å². The summed E-state index contributed by atoms with van der Waals surface area (Å²) < 4.78 is 0.0436. The summed E-state index contributed by atoms with van der Waals surface area (Å²) in [5.74, 6) is 0. The van der Waals surface area contributed by atoms with Gasteiger partial charge in [0.15, 0.2) is 0 Å². The number of nitriles is 1. The maximum atomic E-state index is 9.09. The lowest BCUT2D eigenvalue weighted by atomic mass is 10.1. The minimum absolute atomic E-state index is 0.0436. The van der Waals surface area contributed by atoms with Gasteiger partial charge in [-0.3, -0.25) is 0 Å². The molecule has 1 heterocycles.